The predicted octanol–water partition coefficient (Wildman–Crippen LogP) is 3.50. The molecule has 1 saturated carbocycles. The van der Waals surface area contributed by atoms with Crippen molar-refractivity contribution in [1.82, 2.24) is 4.98 Å². The highest BCUT2D eigenvalue weighted by molar-refractivity contribution is 9.09. The van der Waals surface area contributed by atoms with Gasteiger partial charge in [-0.3, -0.25) is 4.98 Å². The van der Waals surface area contributed by atoms with Gasteiger partial charge in [0.15, 0.2) is 0 Å². The summed E-state index contributed by atoms with van der Waals surface area (Å²) in [5, 5.41) is 0. The van der Waals surface area contributed by atoms with Crippen molar-refractivity contribution < 1.29 is 0 Å². The number of pyridine rings is 1. The summed E-state index contributed by atoms with van der Waals surface area (Å²) in [6.45, 7) is 2.10. The number of alkyl halides is 1. The third-order valence-corrected chi connectivity index (χ3v) is 3.98. The maximum absolute atomic E-state index is 4.21. The number of rotatable bonds is 4. The van der Waals surface area contributed by atoms with E-state index in [2.05, 4.69) is 33.9 Å². The van der Waals surface area contributed by atoms with Gasteiger partial charge in [0.2, 0.25) is 0 Å². The van der Waals surface area contributed by atoms with Gasteiger partial charge < -0.3 is 0 Å². The molecule has 1 aromatic heterocycles. The largest absolute Gasteiger partial charge is 0.264 e. The van der Waals surface area contributed by atoms with Crippen LogP contribution in [0.2, 0.25) is 0 Å². The molecule has 76 valence electrons. The fourth-order valence-corrected chi connectivity index (χ4v) is 2.51. The van der Waals surface area contributed by atoms with Crippen LogP contribution in [0.15, 0.2) is 18.5 Å². The van der Waals surface area contributed by atoms with Gasteiger partial charge in [-0.1, -0.05) is 22.0 Å². The van der Waals surface area contributed by atoms with E-state index in [1.807, 2.05) is 12.4 Å². The van der Waals surface area contributed by atoms with Crippen LogP contribution in [0, 0.1) is 12.8 Å². The highest BCUT2D eigenvalue weighted by Crippen LogP contribution is 2.38. The van der Waals surface area contributed by atoms with E-state index < -0.39 is 0 Å². The summed E-state index contributed by atoms with van der Waals surface area (Å²) in [7, 11) is 0. The lowest BCUT2D eigenvalue weighted by Crippen LogP contribution is -2.02. The molecule has 0 radical (unpaired) electrons. The minimum Gasteiger partial charge on any atom is -0.264 e. The van der Waals surface area contributed by atoms with Crippen molar-refractivity contribution in [2.75, 3.05) is 0 Å². The fourth-order valence-electron chi connectivity index (χ4n) is 1.75. The van der Waals surface area contributed by atoms with Gasteiger partial charge in [0, 0.05) is 17.2 Å². The Morgan fingerprint density at radius 2 is 2.29 bits per heavy atom. The first-order valence-corrected chi connectivity index (χ1v) is 6.22. The Labute approximate surface area is 94.1 Å². The molecule has 0 spiro atoms. The summed E-state index contributed by atoms with van der Waals surface area (Å²) in [6.07, 6.45) is 9.14. The Morgan fingerprint density at radius 3 is 2.93 bits per heavy atom. The lowest BCUT2D eigenvalue weighted by Gasteiger charge is -2.07. The van der Waals surface area contributed by atoms with Crippen molar-refractivity contribution in [1.29, 1.82) is 0 Å². The molecule has 1 nitrogen and oxygen atoms in total. The average Bonchev–Trinajstić information content (AvgIpc) is 2.97. The highest BCUT2D eigenvalue weighted by atomic mass is 79.9. The van der Waals surface area contributed by atoms with Gasteiger partial charge in [-0.2, -0.15) is 0 Å². The normalized spacial score (nSPS) is 18.1. The third-order valence-electron chi connectivity index (χ3n) is 2.77. The van der Waals surface area contributed by atoms with Gasteiger partial charge in [0.25, 0.3) is 0 Å². The van der Waals surface area contributed by atoms with E-state index in [9.17, 15) is 0 Å². The second-order valence-electron chi connectivity index (χ2n) is 4.26. The van der Waals surface area contributed by atoms with Crippen LogP contribution in [-0.4, -0.2) is 9.81 Å². The molecule has 1 aliphatic carbocycles. The minimum atomic E-state index is 0.725. The number of hydrogen-bond acceptors (Lipinski definition) is 1. The van der Waals surface area contributed by atoms with Gasteiger partial charge in [-0.15, -0.1) is 0 Å². The molecule has 0 amide bonds. The topological polar surface area (TPSA) is 12.9 Å². The SMILES string of the molecule is Cc1cncc(CCC(Br)C2CC2)c1. The lowest BCUT2D eigenvalue weighted by atomic mass is 10.1. The quantitative estimate of drug-likeness (QED) is 0.749. The first-order valence-electron chi connectivity index (χ1n) is 5.30. The van der Waals surface area contributed by atoms with E-state index in [-0.39, 0.29) is 0 Å². The van der Waals surface area contributed by atoms with Crippen molar-refractivity contribution in [2.24, 2.45) is 5.92 Å². The smallest absolute Gasteiger partial charge is 0.0300 e. The first kappa shape index (κ1) is 10.2. The maximum Gasteiger partial charge on any atom is 0.0300 e. The summed E-state index contributed by atoms with van der Waals surface area (Å²) in [5.41, 5.74) is 2.63. The lowest BCUT2D eigenvalue weighted by molar-refractivity contribution is 0.695. The summed E-state index contributed by atoms with van der Waals surface area (Å²) in [6, 6.07) is 2.24. The van der Waals surface area contributed by atoms with Crippen LogP contribution in [0.1, 0.15) is 30.4 Å². The van der Waals surface area contributed by atoms with Crippen molar-refractivity contribution in [2.45, 2.75) is 37.4 Å². The number of nitrogens with zero attached hydrogens (tertiary/aromatic N) is 1. The van der Waals surface area contributed by atoms with Gasteiger partial charge in [-0.25, -0.2) is 0 Å². The van der Waals surface area contributed by atoms with Gasteiger partial charge in [-0.05, 0) is 49.7 Å². The molecule has 1 aromatic rings. The first-order chi connectivity index (χ1) is 6.75. The Bertz CT molecular complexity index is 307. The monoisotopic (exact) mass is 253 g/mol. The second-order valence-corrected chi connectivity index (χ2v) is 5.44. The molecule has 14 heavy (non-hydrogen) atoms. The number of aromatic nitrogens is 1. The zero-order valence-electron chi connectivity index (χ0n) is 8.54. The Hall–Kier alpha value is -0.370. The van der Waals surface area contributed by atoms with Crippen LogP contribution in [0.25, 0.3) is 0 Å². The second kappa shape index (κ2) is 4.43. The number of aryl methyl sites for hydroxylation is 2. The zero-order chi connectivity index (χ0) is 9.97. The van der Waals surface area contributed by atoms with E-state index in [0.29, 0.717) is 0 Å². The molecule has 1 aliphatic rings. The van der Waals surface area contributed by atoms with Crippen LogP contribution in [0.5, 0.6) is 0 Å². The van der Waals surface area contributed by atoms with Crippen molar-refractivity contribution in [3.63, 3.8) is 0 Å². The van der Waals surface area contributed by atoms with E-state index >= 15 is 0 Å². The Kier molecular flexibility index (Phi) is 3.22. The molecule has 1 fully saturated rings. The van der Waals surface area contributed by atoms with Crippen molar-refractivity contribution >= 4 is 15.9 Å². The van der Waals surface area contributed by atoms with E-state index in [1.54, 1.807) is 0 Å². The van der Waals surface area contributed by atoms with Gasteiger partial charge in [0.05, 0.1) is 0 Å². The Morgan fingerprint density at radius 1 is 1.50 bits per heavy atom. The molecule has 2 heteroatoms. The molecule has 1 heterocycles. The zero-order valence-corrected chi connectivity index (χ0v) is 10.1. The highest BCUT2D eigenvalue weighted by Gasteiger charge is 2.28. The molecule has 0 aliphatic heterocycles. The standard InChI is InChI=1S/C12H16BrN/c1-9-6-10(8-14-7-9)2-5-12(13)11-3-4-11/h6-8,11-12H,2-5H2,1H3. The van der Waals surface area contributed by atoms with E-state index in [4.69, 9.17) is 0 Å². The minimum absolute atomic E-state index is 0.725. The predicted molar refractivity (Wildman–Crippen MR) is 62.7 cm³/mol. The molecule has 1 unspecified atom stereocenters. The van der Waals surface area contributed by atoms with Crippen LogP contribution in [-0.2, 0) is 6.42 Å². The Balaban J connectivity index is 1.84. The molecule has 2 rings (SSSR count). The molecule has 0 N–H and O–H groups in total. The van der Waals surface area contributed by atoms with Crippen LogP contribution >= 0.6 is 15.9 Å². The van der Waals surface area contributed by atoms with Crippen LogP contribution in [0.4, 0.5) is 0 Å². The summed E-state index contributed by atoms with van der Waals surface area (Å²) < 4.78 is 0. The van der Waals surface area contributed by atoms with E-state index in [1.165, 1.54) is 30.4 Å². The number of hydrogen-bond donors (Lipinski definition) is 0. The molecular weight excluding hydrogens is 238 g/mol. The fraction of sp³-hybridized carbons (Fsp3) is 0.583. The molecule has 0 aromatic carbocycles. The van der Waals surface area contributed by atoms with E-state index in [0.717, 1.165) is 17.2 Å². The molecule has 0 bridgehead atoms. The summed E-state index contributed by atoms with van der Waals surface area (Å²) in [5.74, 6) is 0.952. The van der Waals surface area contributed by atoms with Crippen LogP contribution in [0.3, 0.4) is 0 Å². The molecule has 0 saturated heterocycles. The number of halogens is 1. The average molecular weight is 254 g/mol. The van der Waals surface area contributed by atoms with Gasteiger partial charge >= 0.3 is 0 Å². The van der Waals surface area contributed by atoms with Crippen molar-refractivity contribution in [3.05, 3.63) is 29.6 Å². The molecular formula is C12H16BrN. The van der Waals surface area contributed by atoms with Crippen LogP contribution < -0.4 is 0 Å². The summed E-state index contributed by atoms with van der Waals surface area (Å²) >= 11 is 3.76. The summed E-state index contributed by atoms with van der Waals surface area (Å²) in [4.78, 5) is 4.93. The maximum atomic E-state index is 4.21. The molecule has 1 atom stereocenters. The van der Waals surface area contributed by atoms with Gasteiger partial charge in [0.1, 0.15) is 0 Å². The third kappa shape index (κ3) is 2.81. The van der Waals surface area contributed by atoms with Crippen molar-refractivity contribution in [3.8, 4) is 0 Å².